The van der Waals surface area contributed by atoms with Crippen molar-refractivity contribution in [2.45, 2.75) is 93.7 Å². The van der Waals surface area contributed by atoms with Crippen molar-refractivity contribution in [1.82, 2.24) is 0 Å². The number of aliphatic imine (C=N–C) groups is 1. The molecule has 1 heterocycles. The molecule has 0 spiro atoms. The predicted molar refractivity (Wildman–Crippen MR) is 147 cm³/mol. The third-order valence-corrected chi connectivity index (χ3v) is 5.28. The van der Waals surface area contributed by atoms with Gasteiger partial charge in [0.2, 0.25) is 0 Å². The van der Waals surface area contributed by atoms with Crippen molar-refractivity contribution in [2.24, 2.45) is 10.9 Å². The van der Waals surface area contributed by atoms with Crippen LogP contribution >= 0.6 is 0 Å². The zero-order chi connectivity index (χ0) is 26.9. The van der Waals surface area contributed by atoms with Crippen LogP contribution in [0.15, 0.2) is 53.5 Å². The summed E-state index contributed by atoms with van der Waals surface area (Å²) in [7, 11) is 0. The largest absolute Gasteiger partial charge is 0.381 e. The van der Waals surface area contributed by atoms with Gasteiger partial charge < -0.3 is 4.99 Å². The molecule has 2 aromatic rings. The summed E-state index contributed by atoms with van der Waals surface area (Å²) in [4.78, 5) is 4.50. The summed E-state index contributed by atoms with van der Waals surface area (Å²) in [5.74, 6) is 0.904. The smallest absolute Gasteiger partial charge is 0.328 e. The molecule has 0 aliphatic carbocycles. The van der Waals surface area contributed by atoms with Crippen molar-refractivity contribution in [1.29, 1.82) is 0 Å². The Labute approximate surface area is 242 Å². The van der Waals surface area contributed by atoms with E-state index in [9.17, 15) is 13.2 Å². The maximum absolute atomic E-state index is 12.7. The summed E-state index contributed by atoms with van der Waals surface area (Å²) < 4.78 is 38.0. The van der Waals surface area contributed by atoms with Crippen LogP contribution in [0.3, 0.4) is 0 Å². The molecule has 2 aromatic carbocycles. The van der Waals surface area contributed by atoms with E-state index in [2.05, 4.69) is 31.8 Å². The second kappa shape index (κ2) is 20.7. The maximum Gasteiger partial charge on any atom is 0.381 e. The van der Waals surface area contributed by atoms with Gasteiger partial charge in [0.05, 0.1) is 0 Å². The van der Waals surface area contributed by atoms with E-state index < -0.39 is 11.7 Å². The molecule has 0 fully saturated rings. The number of fused-ring (bicyclic) bond motifs is 1. The minimum Gasteiger partial charge on any atom is -0.328 e. The SMILES string of the molecule is CC.CC.CC1=CCN=C(c2[c-]cc(C(F)(F)F)cc2)c2ccccc21.CCCCCCC(C)C.[U]. The molecule has 0 amide bonds. The maximum atomic E-state index is 12.7. The first-order chi connectivity index (χ1) is 16.7. The number of hydrogen-bond donors (Lipinski definition) is 0. The van der Waals surface area contributed by atoms with Gasteiger partial charge >= 0.3 is 6.18 Å². The van der Waals surface area contributed by atoms with Gasteiger partial charge in [0, 0.05) is 37.7 Å². The van der Waals surface area contributed by atoms with E-state index in [1.54, 1.807) is 0 Å². The van der Waals surface area contributed by atoms with Crippen molar-refractivity contribution >= 4 is 11.3 Å². The van der Waals surface area contributed by atoms with E-state index in [0.717, 1.165) is 34.8 Å². The number of alkyl halides is 3. The van der Waals surface area contributed by atoms with Crippen LogP contribution in [0.25, 0.3) is 5.57 Å². The zero-order valence-corrected chi connectivity index (χ0v) is 27.7. The van der Waals surface area contributed by atoms with Crippen molar-refractivity contribution in [3.8, 4) is 0 Å². The molecule has 5 heteroatoms. The fourth-order valence-electron chi connectivity index (χ4n) is 3.46. The Morgan fingerprint density at radius 2 is 1.53 bits per heavy atom. The molecule has 0 bridgehead atoms. The van der Waals surface area contributed by atoms with E-state index in [1.165, 1.54) is 38.2 Å². The summed E-state index contributed by atoms with van der Waals surface area (Å²) in [5, 5.41) is 0. The van der Waals surface area contributed by atoms with Crippen molar-refractivity contribution in [2.75, 3.05) is 6.54 Å². The molecule has 0 saturated heterocycles. The second-order valence-electron chi connectivity index (χ2n) is 8.35. The Kier molecular flexibility index (Phi) is 21.2. The van der Waals surface area contributed by atoms with Crippen molar-refractivity contribution in [3.63, 3.8) is 0 Å². The molecular weight excluding hydrogens is 681 g/mol. The first-order valence-corrected chi connectivity index (χ1v) is 13.1. The van der Waals surface area contributed by atoms with Crippen LogP contribution in [0.5, 0.6) is 0 Å². The number of unbranched alkanes of at least 4 members (excludes halogenated alkanes) is 3. The molecule has 0 aromatic heterocycles. The quantitative estimate of drug-likeness (QED) is 0.208. The Balaban J connectivity index is 0. The topological polar surface area (TPSA) is 12.4 Å². The van der Waals surface area contributed by atoms with E-state index in [4.69, 9.17) is 0 Å². The molecule has 3 rings (SSSR count). The standard InChI is InChI=1S/C18H13F3N.C9H20.2C2H6.U/c1-12-10-11-22-17(16-5-3-2-4-15(12)16)13-6-8-14(9-7-13)18(19,20)21;1-4-5-6-7-8-9(2)3;2*1-2;/h2-6,8-10H,11H2,1H3;9H,4-8H2,1-3H3;2*1-2H3;/q-1;;;;. The fraction of sp³-hybridized carbons (Fsp3) is 0.516. The van der Waals surface area contributed by atoms with Crippen molar-refractivity contribution < 1.29 is 44.3 Å². The Morgan fingerprint density at radius 1 is 0.917 bits per heavy atom. The van der Waals surface area contributed by atoms with Gasteiger partial charge in [-0.25, -0.2) is 0 Å². The molecule has 1 aliphatic heterocycles. The first-order valence-electron chi connectivity index (χ1n) is 13.1. The molecule has 0 unspecified atom stereocenters. The molecule has 36 heavy (non-hydrogen) atoms. The van der Waals surface area contributed by atoms with Gasteiger partial charge in [0.1, 0.15) is 0 Å². The number of halogens is 3. The first kappa shape index (κ1) is 36.8. The van der Waals surface area contributed by atoms with Gasteiger partial charge in [0.15, 0.2) is 0 Å². The minimum absolute atomic E-state index is 0. The van der Waals surface area contributed by atoms with Gasteiger partial charge in [-0.1, -0.05) is 111 Å². The van der Waals surface area contributed by atoms with E-state index in [0.29, 0.717) is 17.8 Å². The van der Waals surface area contributed by atoms with Crippen LogP contribution in [0.1, 0.15) is 110 Å². The number of hydrogen-bond acceptors (Lipinski definition) is 1. The summed E-state index contributed by atoms with van der Waals surface area (Å²) in [6, 6.07) is 14.0. The van der Waals surface area contributed by atoms with Gasteiger partial charge in [-0.05, 0) is 40.8 Å². The van der Waals surface area contributed by atoms with Gasteiger partial charge in [0.25, 0.3) is 0 Å². The second-order valence-corrected chi connectivity index (χ2v) is 8.35. The molecule has 1 nitrogen and oxygen atoms in total. The minimum atomic E-state index is -4.35. The normalized spacial score (nSPS) is 12.0. The van der Waals surface area contributed by atoms with Crippen LogP contribution in [0.2, 0.25) is 0 Å². The van der Waals surface area contributed by atoms with Crippen LogP contribution in [0.4, 0.5) is 13.2 Å². The molecule has 0 saturated carbocycles. The third kappa shape index (κ3) is 13.3. The van der Waals surface area contributed by atoms with Crippen LogP contribution < -0.4 is 0 Å². The van der Waals surface area contributed by atoms with Gasteiger partial charge in [-0.3, -0.25) is 0 Å². The van der Waals surface area contributed by atoms with Crippen LogP contribution in [-0.2, 0) is 6.18 Å². The number of rotatable bonds is 6. The van der Waals surface area contributed by atoms with Crippen LogP contribution in [0, 0.1) is 43.1 Å². The Morgan fingerprint density at radius 3 is 2.03 bits per heavy atom. The average molecular weight is 727 g/mol. The Hall–Kier alpha value is -1.31. The van der Waals surface area contributed by atoms with E-state index >= 15 is 0 Å². The van der Waals surface area contributed by atoms with Crippen molar-refractivity contribution in [3.05, 3.63) is 76.9 Å². The summed E-state index contributed by atoms with van der Waals surface area (Å²) in [6.45, 7) is 17.4. The molecule has 1 aliphatic rings. The van der Waals surface area contributed by atoms with Crippen LogP contribution in [-0.4, -0.2) is 12.3 Å². The number of benzene rings is 2. The Bertz CT molecular complexity index is 881. The third-order valence-electron chi connectivity index (χ3n) is 5.28. The fourth-order valence-corrected chi connectivity index (χ4v) is 3.46. The molecule has 0 atom stereocenters. The van der Waals surface area contributed by atoms with E-state index in [-0.39, 0.29) is 31.1 Å². The summed E-state index contributed by atoms with van der Waals surface area (Å²) in [6.07, 6.45) is 4.73. The summed E-state index contributed by atoms with van der Waals surface area (Å²) in [5.41, 5.74) is 3.63. The zero-order valence-electron chi connectivity index (χ0n) is 23.5. The monoisotopic (exact) mass is 726 g/mol. The number of allylic oxidation sites excluding steroid dienone is 1. The van der Waals surface area contributed by atoms with Gasteiger partial charge in [-0.2, -0.15) is 13.2 Å². The molecule has 0 radical (unpaired) electrons. The molecule has 200 valence electrons. The molecular formula is C31H45F3NU-. The average Bonchev–Trinajstić information content (AvgIpc) is 3.03. The predicted octanol–water partition coefficient (Wildman–Crippen LogP) is 10.4. The summed E-state index contributed by atoms with van der Waals surface area (Å²) >= 11 is 0. The van der Waals surface area contributed by atoms with Gasteiger partial charge in [-0.15, -0.1) is 29.8 Å². The van der Waals surface area contributed by atoms with E-state index in [1.807, 2.05) is 65.0 Å². The molecule has 0 N–H and O–H groups in total. The number of nitrogens with zero attached hydrogens (tertiary/aromatic N) is 1.